The quantitative estimate of drug-likeness (QED) is 0.825. The highest BCUT2D eigenvalue weighted by Gasteiger charge is 2.38. The number of piperidine rings is 2. The van der Waals surface area contributed by atoms with Gasteiger partial charge < -0.3 is 5.73 Å². The molecular formula is C13H27N3O2S. The van der Waals surface area contributed by atoms with Crippen LogP contribution in [0.1, 0.15) is 40.0 Å². The highest BCUT2D eigenvalue weighted by atomic mass is 32.2. The van der Waals surface area contributed by atoms with Gasteiger partial charge in [0.1, 0.15) is 0 Å². The molecule has 6 heteroatoms. The van der Waals surface area contributed by atoms with E-state index < -0.39 is 10.2 Å². The van der Waals surface area contributed by atoms with Gasteiger partial charge in [-0.15, -0.1) is 0 Å². The first kappa shape index (κ1) is 15.2. The number of nitrogens with zero attached hydrogens (tertiary/aromatic N) is 2. The summed E-state index contributed by atoms with van der Waals surface area (Å²) in [6, 6.07) is 0.155. The third-order valence-corrected chi connectivity index (χ3v) is 6.40. The summed E-state index contributed by atoms with van der Waals surface area (Å²) in [6.45, 7) is 8.10. The third kappa shape index (κ3) is 3.29. The standard InChI is InChI=1S/C13H27N3O2S/c1-10-6-11(2)9-15(8-10)19(17,18)16-5-4-13(14)7-12(16)3/h10-13H,4-9,14H2,1-3H3. The second kappa shape index (κ2) is 5.68. The molecule has 0 aromatic carbocycles. The molecule has 2 aliphatic rings. The van der Waals surface area contributed by atoms with Crippen molar-refractivity contribution in [2.24, 2.45) is 17.6 Å². The van der Waals surface area contributed by atoms with Crippen LogP contribution < -0.4 is 5.73 Å². The van der Waals surface area contributed by atoms with Crippen molar-refractivity contribution in [1.29, 1.82) is 0 Å². The lowest BCUT2D eigenvalue weighted by atomic mass is 9.94. The van der Waals surface area contributed by atoms with Gasteiger partial charge >= 0.3 is 0 Å². The summed E-state index contributed by atoms with van der Waals surface area (Å²) in [5, 5.41) is 0. The Balaban J connectivity index is 2.13. The zero-order valence-corrected chi connectivity index (χ0v) is 13.1. The lowest BCUT2D eigenvalue weighted by Crippen LogP contribution is -2.55. The van der Waals surface area contributed by atoms with Gasteiger partial charge in [-0.25, -0.2) is 0 Å². The van der Waals surface area contributed by atoms with Gasteiger partial charge in [0.05, 0.1) is 0 Å². The van der Waals surface area contributed by atoms with Crippen molar-refractivity contribution in [3.63, 3.8) is 0 Å². The van der Waals surface area contributed by atoms with E-state index in [1.54, 1.807) is 8.61 Å². The average molecular weight is 289 g/mol. The van der Waals surface area contributed by atoms with E-state index in [1.807, 2.05) is 6.92 Å². The van der Waals surface area contributed by atoms with E-state index in [4.69, 9.17) is 5.73 Å². The summed E-state index contributed by atoms with van der Waals surface area (Å²) in [5.41, 5.74) is 5.92. The zero-order chi connectivity index (χ0) is 14.2. The fraction of sp³-hybridized carbons (Fsp3) is 1.00. The Hall–Kier alpha value is -0.170. The molecule has 19 heavy (non-hydrogen) atoms. The molecule has 2 fully saturated rings. The molecule has 0 bridgehead atoms. The van der Waals surface area contributed by atoms with Gasteiger partial charge in [-0.05, 0) is 38.0 Å². The molecule has 4 atom stereocenters. The number of nitrogens with two attached hydrogens (primary N) is 1. The molecule has 0 radical (unpaired) electrons. The van der Waals surface area contributed by atoms with Crippen LogP contribution in [0.2, 0.25) is 0 Å². The lowest BCUT2D eigenvalue weighted by molar-refractivity contribution is 0.185. The first-order valence-electron chi connectivity index (χ1n) is 7.33. The topological polar surface area (TPSA) is 66.6 Å². The van der Waals surface area contributed by atoms with Gasteiger partial charge in [0.2, 0.25) is 0 Å². The van der Waals surface area contributed by atoms with Crippen molar-refractivity contribution in [3.05, 3.63) is 0 Å². The predicted molar refractivity (Wildman–Crippen MR) is 76.8 cm³/mol. The van der Waals surface area contributed by atoms with E-state index in [9.17, 15) is 8.42 Å². The fourth-order valence-corrected chi connectivity index (χ4v) is 5.53. The Bertz CT molecular complexity index is 402. The SMILES string of the molecule is CC1CC(C)CN(S(=O)(=O)N2CCC(N)CC2C)C1. The van der Waals surface area contributed by atoms with Crippen molar-refractivity contribution in [1.82, 2.24) is 8.61 Å². The molecule has 0 spiro atoms. The van der Waals surface area contributed by atoms with E-state index in [2.05, 4.69) is 13.8 Å². The Morgan fingerprint density at radius 1 is 1.05 bits per heavy atom. The van der Waals surface area contributed by atoms with Gasteiger partial charge in [0, 0.05) is 31.7 Å². The van der Waals surface area contributed by atoms with Crippen molar-refractivity contribution in [2.45, 2.75) is 52.1 Å². The van der Waals surface area contributed by atoms with E-state index in [-0.39, 0.29) is 12.1 Å². The van der Waals surface area contributed by atoms with Crippen molar-refractivity contribution >= 4 is 10.2 Å². The molecule has 2 rings (SSSR count). The molecule has 5 nitrogen and oxygen atoms in total. The monoisotopic (exact) mass is 289 g/mol. The second-order valence-electron chi connectivity index (χ2n) is 6.52. The molecule has 2 aliphatic heterocycles. The summed E-state index contributed by atoms with van der Waals surface area (Å²) in [5.74, 6) is 0.891. The summed E-state index contributed by atoms with van der Waals surface area (Å²) >= 11 is 0. The number of hydrogen-bond acceptors (Lipinski definition) is 3. The van der Waals surface area contributed by atoms with Gasteiger partial charge in [0.25, 0.3) is 10.2 Å². The summed E-state index contributed by atoms with van der Waals surface area (Å²) in [7, 11) is -3.31. The van der Waals surface area contributed by atoms with Crippen LogP contribution in [0.25, 0.3) is 0 Å². The molecule has 0 aliphatic carbocycles. The summed E-state index contributed by atoms with van der Waals surface area (Å²) in [4.78, 5) is 0. The maximum atomic E-state index is 12.8. The van der Waals surface area contributed by atoms with Crippen LogP contribution in [-0.4, -0.2) is 48.7 Å². The maximum absolute atomic E-state index is 12.8. The highest BCUT2D eigenvalue weighted by Crippen LogP contribution is 2.27. The summed E-state index contributed by atoms with van der Waals surface area (Å²) in [6.07, 6.45) is 2.65. The van der Waals surface area contributed by atoms with Crippen molar-refractivity contribution in [2.75, 3.05) is 19.6 Å². The van der Waals surface area contributed by atoms with Crippen LogP contribution >= 0.6 is 0 Å². The Morgan fingerprint density at radius 2 is 1.63 bits per heavy atom. The van der Waals surface area contributed by atoms with E-state index in [1.165, 1.54) is 0 Å². The number of rotatable bonds is 2. The van der Waals surface area contributed by atoms with Crippen LogP contribution in [0.3, 0.4) is 0 Å². The molecule has 112 valence electrons. The van der Waals surface area contributed by atoms with E-state index in [0.29, 0.717) is 31.5 Å². The van der Waals surface area contributed by atoms with E-state index in [0.717, 1.165) is 19.3 Å². The van der Waals surface area contributed by atoms with Crippen LogP contribution in [-0.2, 0) is 10.2 Å². The highest BCUT2D eigenvalue weighted by molar-refractivity contribution is 7.86. The molecule has 2 saturated heterocycles. The zero-order valence-electron chi connectivity index (χ0n) is 12.2. The molecule has 0 saturated carbocycles. The fourth-order valence-electron chi connectivity index (χ4n) is 3.47. The minimum Gasteiger partial charge on any atom is -0.328 e. The first-order valence-corrected chi connectivity index (χ1v) is 8.73. The normalized spacial score (nSPS) is 39.4. The molecule has 2 heterocycles. The van der Waals surface area contributed by atoms with Crippen LogP contribution in [0, 0.1) is 11.8 Å². The van der Waals surface area contributed by atoms with Gasteiger partial charge in [-0.1, -0.05) is 13.8 Å². The maximum Gasteiger partial charge on any atom is 0.282 e. The molecule has 0 amide bonds. The van der Waals surface area contributed by atoms with Gasteiger partial charge in [0.15, 0.2) is 0 Å². The summed E-state index contributed by atoms with van der Waals surface area (Å²) < 4.78 is 28.9. The van der Waals surface area contributed by atoms with Crippen LogP contribution in [0.5, 0.6) is 0 Å². The Labute approximate surface area is 117 Å². The van der Waals surface area contributed by atoms with Crippen LogP contribution in [0.4, 0.5) is 0 Å². The van der Waals surface area contributed by atoms with E-state index >= 15 is 0 Å². The lowest BCUT2D eigenvalue weighted by Gasteiger charge is -2.41. The van der Waals surface area contributed by atoms with Crippen molar-refractivity contribution in [3.8, 4) is 0 Å². The molecule has 2 N–H and O–H groups in total. The molecule has 4 unspecified atom stereocenters. The van der Waals surface area contributed by atoms with Crippen molar-refractivity contribution < 1.29 is 8.42 Å². The Morgan fingerprint density at radius 3 is 2.16 bits per heavy atom. The molecular weight excluding hydrogens is 262 g/mol. The first-order chi connectivity index (χ1) is 8.80. The third-order valence-electron chi connectivity index (χ3n) is 4.31. The smallest absolute Gasteiger partial charge is 0.282 e. The largest absolute Gasteiger partial charge is 0.328 e. The Kier molecular flexibility index (Phi) is 4.55. The molecule has 0 aromatic heterocycles. The van der Waals surface area contributed by atoms with Crippen LogP contribution in [0.15, 0.2) is 0 Å². The minimum absolute atomic E-state index is 0.0151. The minimum atomic E-state index is -3.31. The number of hydrogen-bond donors (Lipinski definition) is 1. The predicted octanol–water partition coefficient (Wildman–Crippen LogP) is 1.02. The van der Waals surface area contributed by atoms with Gasteiger partial charge in [-0.3, -0.25) is 0 Å². The second-order valence-corrected chi connectivity index (χ2v) is 8.40. The molecule has 0 aromatic rings. The average Bonchev–Trinajstić information content (AvgIpc) is 2.26. The van der Waals surface area contributed by atoms with Gasteiger partial charge in [-0.2, -0.15) is 17.0 Å².